The van der Waals surface area contributed by atoms with Crippen LogP contribution in [-0.2, 0) is 0 Å². The molecular weight excluding hydrogens is 236 g/mol. The molecule has 0 amide bonds. The smallest absolute Gasteiger partial charge is 0.231 e. The van der Waals surface area contributed by atoms with Gasteiger partial charge in [0, 0.05) is 17.8 Å². The average Bonchev–Trinajstić information content (AvgIpc) is 2.75. The number of nitrogens with one attached hydrogen (secondary N) is 2. The summed E-state index contributed by atoms with van der Waals surface area (Å²) in [6.45, 7) is 4.49. The van der Waals surface area contributed by atoms with Gasteiger partial charge in [0.05, 0.1) is 0 Å². The highest BCUT2D eigenvalue weighted by molar-refractivity contribution is 7.80. The summed E-state index contributed by atoms with van der Waals surface area (Å²) in [7, 11) is 0. The van der Waals surface area contributed by atoms with E-state index in [9.17, 15) is 0 Å². The minimum atomic E-state index is 0.286. The lowest BCUT2D eigenvalue weighted by atomic mass is 10.2. The predicted octanol–water partition coefficient (Wildman–Crippen LogP) is 2.50. The number of benzene rings is 1. The molecule has 0 aliphatic carbocycles. The quantitative estimate of drug-likeness (QED) is 0.809. The highest BCUT2D eigenvalue weighted by atomic mass is 32.1. The Morgan fingerprint density at radius 1 is 1.41 bits per heavy atom. The first-order valence-electron chi connectivity index (χ1n) is 5.66. The third-order valence-electron chi connectivity index (χ3n) is 2.62. The van der Waals surface area contributed by atoms with Gasteiger partial charge in [0.1, 0.15) is 0 Å². The molecule has 0 spiro atoms. The van der Waals surface area contributed by atoms with Crippen molar-refractivity contribution in [2.24, 2.45) is 0 Å². The van der Waals surface area contributed by atoms with Gasteiger partial charge in [0.15, 0.2) is 16.6 Å². The largest absolute Gasteiger partial charge is 0.454 e. The molecular formula is C12H16N2O2S. The van der Waals surface area contributed by atoms with E-state index in [0.29, 0.717) is 11.2 Å². The Morgan fingerprint density at radius 2 is 2.18 bits per heavy atom. The summed E-state index contributed by atoms with van der Waals surface area (Å²) in [5.41, 5.74) is 0.898. The van der Waals surface area contributed by atoms with Gasteiger partial charge in [-0.25, -0.2) is 0 Å². The predicted molar refractivity (Wildman–Crippen MR) is 71.7 cm³/mol. The molecule has 0 fully saturated rings. The Bertz CT molecular complexity index is 423. The molecule has 4 nitrogen and oxygen atoms in total. The first kappa shape index (κ1) is 12.0. The maximum absolute atomic E-state index is 5.30. The Balaban J connectivity index is 1.97. The number of anilines is 1. The second kappa shape index (κ2) is 5.23. The Hall–Kier alpha value is -1.49. The maximum Gasteiger partial charge on any atom is 0.231 e. The molecule has 2 rings (SSSR count). The molecule has 17 heavy (non-hydrogen) atoms. The summed E-state index contributed by atoms with van der Waals surface area (Å²) >= 11 is 5.21. The van der Waals surface area contributed by atoms with E-state index in [4.69, 9.17) is 21.7 Å². The maximum atomic E-state index is 5.30. The van der Waals surface area contributed by atoms with E-state index in [0.717, 1.165) is 23.6 Å². The topological polar surface area (TPSA) is 42.5 Å². The summed E-state index contributed by atoms with van der Waals surface area (Å²) in [5.74, 6) is 1.53. The van der Waals surface area contributed by atoms with Crippen LogP contribution in [0.2, 0.25) is 0 Å². The van der Waals surface area contributed by atoms with Crippen molar-refractivity contribution in [3.63, 3.8) is 0 Å². The van der Waals surface area contributed by atoms with Gasteiger partial charge < -0.3 is 20.1 Å². The number of rotatable bonds is 3. The Kier molecular flexibility index (Phi) is 3.68. The molecule has 0 aromatic heterocycles. The lowest BCUT2D eigenvalue weighted by Gasteiger charge is -2.15. The molecule has 0 saturated carbocycles. The van der Waals surface area contributed by atoms with Crippen LogP contribution >= 0.6 is 12.2 Å². The molecule has 0 unspecified atom stereocenters. The van der Waals surface area contributed by atoms with Gasteiger partial charge in [0.2, 0.25) is 6.79 Å². The zero-order chi connectivity index (χ0) is 12.3. The van der Waals surface area contributed by atoms with Crippen molar-refractivity contribution in [3.05, 3.63) is 18.2 Å². The highest BCUT2D eigenvalue weighted by Gasteiger charge is 2.13. The van der Waals surface area contributed by atoms with E-state index < -0.39 is 0 Å². The number of ether oxygens (including phenoxy) is 2. The van der Waals surface area contributed by atoms with Gasteiger partial charge in [-0.05, 0) is 37.7 Å². The molecule has 92 valence electrons. The van der Waals surface area contributed by atoms with Gasteiger partial charge in [-0.3, -0.25) is 0 Å². The molecule has 5 heteroatoms. The zero-order valence-electron chi connectivity index (χ0n) is 9.95. The number of fused-ring (bicyclic) bond motifs is 1. The monoisotopic (exact) mass is 252 g/mol. The minimum absolute atomic E-state index is 0.286. The molecule has 0 bridgehead atoms. The molecule has 1 heterocycles. The van der Waals surface area contributed by atoms with Crippen LogP contribution in [0.5, 0.6) is 11.5 Å². The first-order chi connectivity index (χ1) is 8.19. The van der Waals surface area contributed by atoms with Crippen molar-refractivity contribution < 1.29 is 9.47 Å². The van der Waals surface area contributed by atoms with E-state index in [1.165, 1.54) is 0 Å². The second-order valence-electron chi connectivity index (χ2n) is 3.98. The van der Waals surface area contributed by atoms with Crippen LogP contribution in [0.4, 0.5) is 5.69 Å². The first-order valence-corrected chi connectivity index (χ1v) is 6.07. The number of hydrogen-bond acceptors (Lipinski definition) is 3. The fourth-order valence-electron chi connectivity index (χ4n) is 1.47. The van der Waals surface area contributed by atoms with Gasteiger partial charge in [0.25, 0.3) is 0 Å². The number of thiocarbonyl (C=S) groups is 1. The summed E-state index contributed by atoms with van der Waals surface area (Å²) in [5, 5.41) is 6.94. The molecule has 1 aromatic carbocycles. The fourth-order valence-corrected chi connectivity index (χ4v) is 1.79. The fraction of sp³-hybridized carbons (Fsp3) is 0.417. The van der Waals surface area contributed by atoms with Gasteiger partial charge in [-0.1, -0.05) is 6.92 Å². The van der Waals surface area contributed by atoms with Crippen LogP contribution in [0, 0.1) is 0 Å². The van der Waals surface area contributed by atoms with Crippen LogP contribution in [-0.4, -0.2) is 17.9 Å². The third-order valence-corrected chi connectivity index (χ3v) is 2.84. The van der Waals surface area contributed by atoms with E-state index in [2.05, 4.69) is 24.5 Å². The van der Waals surface area contributed by atoms with Crippen molar-refractivity contribution in [3.8, 4) is 11.5 Å². The third kappa shape index (κ3) is 3.00. The van der Waals surface area contributed by atoms with E-state index in [1.54, 1.807) is 0 Å². The Morgan fingerprint density at radius 3 is 2.94 bits per heavy atom. The van der Waals surface area contributed by atoms with Crippen molar-refractivity contribution in [1.82, 2.24) is 5.32 Å². The van der Waals surface area contributed by atoms with Crippen LogP contribution in [0.1, 0.15) is 20.3 Å². The zero-order valence-corrected chi connectivity index (χ0v) is 10.8. The van der Waals surface area contributed by atoms with Crippen molar-refractivity contribution in [1.29, 1.82) is 0 Å². The molecule has 2 N–H and O–H groups in total. The molecule has 1 atom stereocenters. The second-order valence-corrected chi connectivity index (χ2v) is 4.38. The summed E-state index contributed by atoms with van der Waals surface area (Å²) < 4.78 is 10.5. The van der Waals surface area contributed by atoms with E-state index in [1.807, 2.05) is 18.2 Å². The van der Waals surface area contributed by atoms with E-state index >= 15 is 0 Å². The number of hydrogen-bond donors (Lipinski definition) is 2. The van der Waals surface area contributed by atoms with Crippen LogP contribution < -0.4 is 20.1 Å². The van der Waals surface area contributed by atoms with Gasteiger partial charge in [-0.2, -0.15) is 0 Å². The molecule has 0 saturated heterocycles. The standard InChI is InChI=1S/C12H16N2O2S/c1-3-8(2)13-12(17)14-9-4-5-10-11(6-9)16-7-15-10/h4-6,8H,3,7H2,1-2H3,(H2,13,14,17)/t8-/m1/s1. The van der Waals surface area contributed by atoms with Crippen LogP contribution in [0.3, 0.4) is 0 Å². The molecule has 1 aromatic rings. The summed E-state index contributed by atoms with van der Waals surface area (Å²) in [6.07, 6.45) is 1.03. The molecule has 1 aliphatic heterocycles. The summed E-state index contributed by atoms with van der Waals surface area (Å²) in [6, 6.07) is 6.03. The average molecular weight is 252 g/mol. The normalized spacial score (nSPS) is 14.2. The minimum Gasteiger partial charge on any atom is -0.454 e. The van der Waals surface area contributed by atoms with Crippen molar-refractivity contribution >= 4 is 23.0 Å². The molecule has 1 aliphatic rings. The van der Waals surface area contributed by atoms with Crippen molar-refractivity contribution in [2.75, 3.05) is 12.1 Å². The van der Waals surface area contributed by atoms with Gasteiger partial charge >= 0.3 is 0 Å². The SMILES string of the molecule is CC[C@@H](C)NC(=S)Nc1ccc2c(c1)OCO2. The lowest BCUT2D eigenvalue weighted by molar-refractivity contribution is 0.174. The highest BCUT2D eigenvalue weighted by Crippen LogP contribution is 2.34. The Labute approximate surface area is 106 Å². The van der Waals surface area contributed by atoms with Crippen molar-refractivity contribution in [2.45, 2.75) is 26.3 Å². The molecule has 0 radical (unpaired) electrons. The summed E-state index contributed by atoms with van der Waals surface area (Å²) in [4.78, 5) is 0. The lowest BCUT2D eigenvalue weighted by Crippen LogP contribution is -2.35. The van der Waals surface area contributed by atoms with E-state index in [-0.39, 0.29) is 6.79 Å². The van der Waals surface area contributed by atoms with Crippen LogP contribution in [0.25, 0.3) is 0 Å². The van der Waals surface area contributed by atoms with Crippen LogP contribution in [0.15, 0.2) is 18.2 Å². The van der Waals surface area contributed by atoms with Gasteiger partial charge in [-0.15, -0.1) is 0 Å².